The van der Waals surface area contributed by atoms with Crippen molar-refractivity contribution in [1.29, 1.82) is 0 Å². The zero-order valence-corrected chi connectivity index (χ0v) is 13.2. The second-order valence-corrected chi connectivity index (χ2v) is 5.62. The molecule has 0 atom stereocenters. The molecular formula is C20H12F4O2. The second kappa shape index (κ2) is 6.63. The fourth-order valence-electron chi connectivity index (χ4n) is 2.77. The highest BCUT2D eigenvalue weighted by atomic mass is 19.4. The molecular weight excluding hydrogens is 348 g/mol. The monoisotopic (exact) mass is 360 g/mol. The molecule has 26 heavy (non-hydrogen) atoms. The zero-order valence-electron chi connectivity index (χ0n) is 13.2. The van der Waals surface area contributed by atoms with Crippen molar-refractivity contribution < 1.29 is 27.5 Å². The lowest BCUT2D eigenvalue weighted by atomic mass is 9.92. The minimum Gasteiger partial charge on any atom is -0.478 e. The molecule has 2 nitrogen and oxygen atoms in total. The minimum atomic E-state index is -4.70. The maximum Gasteiger partial charge on any atom is 0.417 e. The number of halogens is 4. The number of rotatable bonds is 3. The molecule has 132 valence electrons. The van der Waals surface area contributed by atoms with Gasteiger partial charge in [0.05, 0.1) is 11.1 Å². The highest BCUT2D eigenvalue weighted by Gasteiger charge is 2.34. The van der Waals surface area contributed by atoms with Gasteiger partial charge >= 0.3 is 12.1 Å². The third-order valence-corrected chi connectivity index (χ3v) is 3.93. The Balaban J connectivity index is 2.24. The summed E-state index contributed by atoms with van der Waals surface area (Å²) in [6, 6.07) is 14.3. The Morgan fingerprint density at radius 1 is 0.808 bits per heavy atom. The summed E-state index contributed by atoms with van der Waals surface area (Å²) in [5, 5.41) is 9.26. The van der Waals surface area contributed by atoms with Gasteiger partial charge in [-0.25, -0.2) is 9.18 Å². The van der Waals surface area contributed by atoms with Gasteiger partial charge in [0.25, 0.3) is 0 Å². The summed E-state index contributed by atoms with van der Waals surface area (Å²) in [4.78, 5) is 11.4. The molecule has 0 amide bonds. The van der Waals surface area contributed by atoms with Gasteiger partial charge in [-0.15, -0.1) is 0 Å². The fourth-order valence-corrected chi connectivity index (χ4v) is 2.77. The van der Waals surface area contributed by atoms with Gasteiger partial charge in [0.15, 0.2) is 0 Å². The van der Waals surface area contributed by atoms with Crippen molar-refractivity contribution in [3.05, 3.63) is 83.7 Å². The summed E-state index contributed by atoms with van der Waals surface area (Å²) < 4.78 is 54.2. The number of carboxylic acid groups (broad SMARTS) is 1. The summed E-state index contributed by atoms with van der Waals surface area (Å²) in [6.45, 7) is 0. The van der Waals surface area contributed by atoms with E-state index in [-0.39, 0.29) is 22.3 Å². The smallest absolute Gasteiger partial charge is 0.417 e. The Labute approximate surface area is 146 Å². The quantitative estimate of drug-likeness (QED) is 0.593. The van der Waals surface area contributed by atoms with Crippen LogP contribution in [0.1, 0.15) is 15.9 Å². The van der Waals surface area contributed by atoms with Crippen LogP contribution >= 0.6 is 0 Å². The van der Waals surface area contributed by atoms with Crippen molar-refractivity contribution in [2.75, 3.05) is 0 Å². The van der Waals surface area contributed by atoms with Crippen LogP contribution in [0.5, 0.6) is 0 Å². The maximum atomic E-state index is 13.6. The van der Waals surface area contributed by atoms with Crippen LogP contribution in [0.15, 0.2) is 66.7 Å². The van der Waals surface area contributed by atoms with E-state index in [0.717, 1.165) is 12.1 Å². The Morgan fingerprint density at radius 2 is 1.50 bits per heavy atom. The van der Waals surface area contributed by atoms with Crippen molar-refractivity contribution in [3.8, 4) is 22.3 Å². The summed E-state index contributed by atoms with van der Waals surface area (Å²) in [5.74, 6) is -1.88. The lowest BCUT2D eigenvalue weighted by molar-refractivity contribution is -0.137. The molecule has 3 rings (SSSR count). The second-order valence-electron chi connectivity index (χ2n) is 5.62. The summed E-state index contributed by atoms with van der Waals surface area (Å²) >= 11 is 0. The van der Waals surface area contributed by atoms with E-state index >= 15 is 0 Å². The van der Waals surface area contributed by atoms with Gasteiger partial charge in [-0.1, -0.05) is 42.5 Å². The molecule has 1 N–H and O–H groups in total. The van der Waals surface area contributed by atoms with Crippen molar-refractivity contribution >= 4 is 5.97 Å². The van der Waals surface area contributed by atoms with E-state index in [0.29, 0.717) is 5.56 Å². The normalized spacial score (nSPS) is 11.4. The number of aromatic carboxylic acids is 1. The molecule has 0 fully saturated rings. The standard InChI is InChI=1S/C20H12F4O2/c21-14-5-3-4-12(10-14)13-8-9-16(18(11-13)20(22,23)24)15-6-1-2-7-17(15)19(25)26/h1-11H,(H,25,26). The van der Waals surface area contributed by atoms with E-state index in [1.807, 2.05) is 0 Å². The van der Waals surface area contributed by atoms with E-state index in [4.69, 9.17) is 0 Å². The van der Waals surface area contributed by atoms with Crippen molar-refractivity contribution in [1.82, 2.24) is 0 Å². The van der Waals surface area contributed by atoms with Gasteiger partial charge in [0, 0.05) is 0 Å². The minimum absolute atomic E-state index is 0.0295. The lowest BCUT2D eigenvalue weighted by Gasteiger charge is -2.16. The number of benzene rings is 3. The SMILES string of the molecule is O=C(O)c1ccccc1-c1ccc(-c2cccc(F)c2)cc1C(F)(F)F. The van der Waals surface area contributed by atoms with Gasteiger partial charge in [-0.3, -0.25) is 0 Å². The Morgan fingerprint density at radius 3 is 2.15 bits per heavy atom. The Kier molecular flexibility index (Phi) is 4.50. The predicted octanol–water partition coefficient (Wildman–Crippen LogP) is 5.88. The molecule has 0 aliphatic carbocycles. The average molecular weight is 360 g/mol. The Bertz CT molecular complexity index is 978. The highest BCUT2D eigenvalue weighted by molar-refractivity contribution is 5.96. The molecule has 3 aromatic carbocycles. The molecule has 0 spiro atoms. The predicted molar refractivity (Wildman–Crippen MR) is 89.2 cm³/mol. The molecule has 0 unspecified atom stereocenters. The fraction of sp³-hybridized carbons (Fsp3) is 0.0500. The summed E-state index contributed by atoms with van der Waals surface area (Å²) in [7, 11) is 0. The number of carboxylic acids is 1. The Hall–Kier alpha value is -3.15. The number of alkyl halides is 3. The largest absolute Gasteiger partial charge is 0.478 e. The molecule has 0 saturated carbocycles. The molecule has 0 radical (unpaired) electrons. The molecule has 0 heterocycles. The van der Waals surface area contributed by atoms with Crippen molar-refractivity contribution in [3.63, 3.8) is 0 Å². The van der Waals surface area contributed by atoms with E-state index in [9.17, 15) is 27.5 Å². The molecule has 0 aliphatic heterocycles. The third kappa shape index (κ3) is 3.44. The van der Waals surface area contributed by atoms with Gasteiger partial charge in [-0.05, 0) is 46.5 Å². The summed E-state index contributed by atoms with van der Waals surface area (Å²) in [5.41, 5.74) is -0.986. The molecule has 0 aliphatic rings. The van der Waals surface area contributed by atoms with Crippen LogP contribution < -0.4 is 0 Å². The van der Waals surface area contributed by atoms with Crippen LogP contribution in [0.3, 0.4) is 0 Å². The van der Waals surface area contributed by atoms with Crippen LogP contribution in [0, 0.1) is 5.82 Å². The molecule has 0 aromatic heterocycles. The third-order valence-electron chi connectivity index (χ3n) is 3.93. The molecule has 3 aromatic rings. The van der Waals surface area contributed by atoms with E-state index < -0.39 is 23.5 Å². The van der Waals surface area contributed by atoms with Crippen LogP contribution in [0.4, 0.5) is 17.6 Å². The van der Waals surface area contributed by atoms with E-state index in [1.54, 1.807) is 0 Å². The first-order valence-corrected chi connectivity index (χ1v) is 7.57. The van der Waals surface area contributed by atoms with Crippen LogP contribution in [0.25, 0.3) is 22.3 Å². The van der Waals surface area contributed by atoms with Crippen molar-refractivity contribution in [2.24, 2.45) is 0 Å². The molecule has 6 heteroatoms. The van der Waals surface area contributed by atoms with E-state index in [2.05, 4.69) is 0 Å². The average Bonchev–Trinajstić information content (AvgIpc) is 2.60. The van der Waals surface area contributed by atoms with Crippen LogP contribution in [-0.2, 0) is 6.18 Å². The summed E-state index contributed by atoms with van der Waals surface area (Å²) in [6.07, 6.45) is -4.70. The maximum absolute atomic E-state index is 13.6. The first-order chi connectivity index (χ1) is 12.3. The zero-order chi connectivity index (χ0) is 18.9. The lowest BCUT2D eigenvalue weighted by Crippen LogP contribution is -2.09. The number of hydrogen-bond acceptors (Lipinski definition) is 1. The molecule has 0 saturated heterocycles. The number of hydrogen-bond donors (Lipinski definition) is 1. The van der Waals surface area contributed by atoms with Gasteiger partial charge in [-0.2, -0.15) is 13.2 Å². The van der Waals surface area contributed by atoms with Crippen molar-refractivity contribution in [2.45, 2.75) is 6.18 Å². The first-order valence-electron chi connectivity index (χ1n) is 7.57. The topological polar surface area (TPSA) is 37.3 Å². The van der Waals surface area contributed by atoms with Gasteiger partial charge in [0.2, 0.25) is 0 Å². The first kappa shape index (κ1) is 17.7. The van der Waals surface area contributed by atoms with E-state index in [1.165, 1.54) is 54.6 Å². The van der Waals surface area contributed by atoms with Gasteiger partial charge in [0.1, 0.15) is 5.82 Å². The van der Waals surface area contributed by atoms with Crippen LogP contribution in [0.2, 0.25) is 0 Å². The van der Waals surface area contributed by atoms with Gasteiger partial charge < -0.3 is 5.11 Å². The van der Waals surface area contributed by atoms with Crippen LogP contribution in [-0.4, -0.2) is 11.1 Å². The highest BCUT2D eigenvalue weighted by Crippen LogP contribution is 2.40. The number of carbonyl (C=O) groups is 1. The molecule has 0 bridgehead atoms.